The Morgan fingerprint density at radius 2 is 2.38 bits per heavy atom. The van der Waals surface area contributed by atoms with Crippen LogP contribution in [0.25, 0.3) is 0 Å². The molecule has 1 aliphatic heterocycles. The van der Waals surface area contributed by atoms with Gasteiger partial charge in [0.25, 0.3) is 0 Å². The summed E-state index contributed by atoms with van der Waals surface area (Å²) < 4.78 is 2.01. The lowest BCUT2D eigenvalue weighted by molar-refractivity contribution is 0.311. The van der Waals surface area contributed by atoms with E-state index in [-0.39, 0.29) is 0 Å². The molecule has 2 rings (SSSR count). The van der Waals surface area contributed by atoms with Crippen LogP contribution < -0.4 is 0 Å². The van der Waals surface area contributed by atoms with Crippen molar-refractivity contribution in [1.29, 1.82) is 0 Å². The van der Waals surface area contributed by atoms with Crippen LogP contribution in [-0.2, 0) is 20.0 Å². The van der Waals surface area contributed by atoms with Gasteiger partial charge in [0, 0.05) is 26.0 Å². The molecule has 1 saturated heterocycles. The molecule has 1 aliphatic rings. The number of aryl methyl sites for hydroxylation is 2. The maximum absolute atomic E-state index is 5.89. The molecule has 1 fully saturated rings. The average molecular weight is 242 g/mol. The van der Waals surface area contributed by atoms with Gasteiger partial charge in [0.15, 0.2) is 0 Å². The van der Waals surface area contributed by atoms with Crippen LogP contribution in [0.15, 0.2) is 6.07 Å². The van der Waals surface area contributed by atoms with Gasteiger partial charge in [-0.15, -0.1) is 11.6 Å². The molecule has 0 aromatic carbocycles. The molecule has 1 aromatic heterocycles. The normalized spacial score (nSPS) is 21.8. The third-order valence-corrected chi connectivity index (χ3v) is 3.80. The Morgan fingerprint density at radius 3 is 2.94 bits per heavy atom. The number of hydrogen-bond donors (Lipinski definition) is 0. The predicted molar refractivity (Wildman–Crippen MR) is 66.7 cm³/mol. The van der Waals surface area contributed by atoms with E-state index in [1.807, 2.05) is 11.7 Å². The second-order valence-corrected chi connectivity index (χ2v) is 4.96. The molecule has 0 N–H and O–H groups in total. The van der Waals surface area contributed by atoms with Gasteiger partial charge in [-0.3, -0.25) is 9.58 Å². The molecule has 0 amide bonds. The van der Waals surface area contributed by atoms with Crippen LogP contribution in [0.3, 0.4) is 0 Å². The Labute approximate surface area is 102 Å². The molecule has 0 spiro atoms. The Hall–Kier alpha value is -0.540. The van der Waals surface area contributed by atoms with Crippen molar-refractivity contribution in [1.82, 2.24) is 14.7 Å². The molecule has 4 heteroatoms. The minimum Gasteiger partial charge on any atom is -0.297 e. The fourth-order valence-corrected chi connectivity index (χ4v) is 2.56. The van der Waals surface area contributed by atoms with E-state index in [4.69, 9.17) is 11.6 Å². The number of halogens is 1. The van der Waals surface area contributed by atoms with Gasteiger partial charge in [-0.25, -0.2) is 0 Å². The first kappa shape index (κ1) is 11.9. The molecule has 2 heterocycles. The first-order valence-corrected chi connectivity index (χ1v) is 6.56. The van der Waals surface area contributed by atoms with Crippen molar-refractivity contribution in [2.24, 2.45) is 13.0 Å². The van der Waals surface area contributed by atoms with Crippen LogP contribution in [0.1, 0.15) is 24.7 Å². The van der Waals surface area contributed by atoms with Gasteiger partial charge < -0.3 is 0 Å². The summed E-state index contributed by atoms with van der Waals surface area (Å²) in [6.07, 6.45) is 2.25. The third kappa shape index (κ3) is 2.58. The highest BCUT2D eigenvalue weighted by Crippen LogP contribution is 2.19. The van der Waals surface area contributed by atoms with Crippen molar-refractivity contribution in [3.63, 3.8) is 0 Å². The molecule has 0 aliphatic carbocycles. The molecule has 1 aromatic rings. The van der Waals surface area contributed by atoms with Gasteiger partial charge in [0.05, 0.1) is 11.4 Å². The molecule has 1 unspecified atom stereocenters. The smallest absolute Gasteiger partial charge is 0.0625 e. The summed E-state index contributed by atoms with van der Waals surface area (Å²) in [4.78, 5) is 2.48. The zero-order valence-corrected chi connectivity index (χ0v) is 10.9. The van der Waals surface area contributed by atoms with Gasteiger partial charge in [0.1, 0.15) is 0 Å². The van der Waals surface area contributed by atoms with Gasteiger partial charge in [-0.05, 0) is 31.4 Å². The van der Waals surface area contributed by atoms with Gasteiger partial charge in [-0.1, -0.05) is 6.92 Å². The van der Waals surface area contributed by atoms with Crippen molar-refractivity contribution in [2.45, 2.75) is 26.3 Å². The van der Waals surface area contributed by atoms with E-state index in [9.17, 15) is 0 Å². The lowest BCUT2D eigenvalue weighted by Crippen LogP contribution is -2.21. The molecular formula is C12H20ClN3. The summed E-state index contributed by atoms with van der Waals surface area (Å²) in [5, 5.41) is 4.47. The second kappa shape index (κ2) is 5.19. The SMILES string of the molecule is CCc1cc(CN2CCC(CCl)C2)n(C)n1. The third-order valence-electron chi connectivity index (χ3n) is 3.36. The largest absolute Gasteiger partial charge is 0.297 e. The number of hydrogen-bond acceptors (Lipinski definition) is 2. The summed E-state index contributed by atoms with van der Waals surface area (Å²) in [6, 6.07) is 2.22. The van der Waals surface area contributed by atoms with E-state index in [1.54, 1.807) is 0 Å². The first-order chi connectivity index (χ1) is 7.72. The number of rotatable bonds is 4. The topological polar surface area (TPSA) is 21.1 Å². The maximum Gasteiger partial charge on any atom is 0.0625 e. The molecular weight excluding hydrogens is 222 g/mol. The summed E-state index contributed by atoms with van der Waals surface area (Å²) in [7, 11) is 2.03. The second-order valence-electron chi connectivity index (χ2n) is 4.65. The highest BCUT2D eigenvalue weighted by Gasteiger charge is 2.22. The summed E-state index contributed by atoms with van der Waals surface area (Å²) in [6.45, 7) is 5.46. The van der Waals surface area contributed by atoms with Crippen molar-refractivity contribution >= 4 is 11.6 Å². The van der Waals surface area contributed by atoms with Crippen molar-refractivity contribution in [2.75, 3.05) is 19.0 Å². The minimum atomic E-state index is 0.681. The fourth-order valence-electron chi connectivity index (χ4n) is 2.30. The lowest BCUT2D eigenvalue weighted by Gasteiger charge is -2.15. The summed E-state index contributed by atoms with van der Waals surface area (Å²) in [5.41, 5.74) is 2.50. The molecule has 3 nitrogen and oxygen atoms in total. The van der Waals surface area contributed by atoms with Crippen molar-refractivity contribution < 1.29 is 0 Å². The lowest BCUT2D eigenvalue weighted by atomic mass is 10.2. The molecule has 16 heavy (non-hydrogen) atoms. The van der Waals surface area contributed by atoms with Crippen molar-refractivity contribution in [3.8, 4) is 0 Å². The minimum absolute atomic E-state index is 0.681. The van der Waals surface area contributed by atoms with Crippen LogP contribution in [0.4, 0.5) is 0 Å². The maximum atomic E-state index is 5.89. The Balaban J connectivity index is 1.96. The van der Waals surface area contributed by atoms with Crippen molar-refractivity contribution in [3.05, 3.63) is 17.5 Å². The van der Waals surface area contributed by atoms with Crippen LogP contribution in [0.5, 0.6) is 0 Å². The Bertz CT molecular complexity index is 348. The van der Waals surface area contributed by atoms with E-state index < -0.39 is 0 Å². The zero-order valence-electron chi connectivity index (χ0n) is 10.1. The molecule has 90 valence electrons. The van der Waals surface area contributed by atoms with Gasteiger partial charge >= 0.3 is 0 Å². The summed E-state index contributed by atoms with van der Waals surface area (Å²) in [5.74, 6) is 1.47. The predicted octanol–water partition coefficient (Wildman–Crippen LogP) is 2.04. The Kier molecular flexibility index (Phi) is 3.87. The van der Waals surface area contributed by atoms with E-state index in [2.05, 4.69) is 23.0 Å². The number of nitrogens with zero attached hydrogens (tertiary/aromatic N) is 3. The van der Waals surface area contributed by atoms with Gasteiger partial charge in [-0.2, -0.15) is 5.10 Å². The van der Waals surface area contributed by atoms with E-state index in [0.717, 1.165) is 25.4 Å². The number of aromatic nitrogens is 2. The molecule has 0 saturated carbocycles. The fraction of sp³-hybridized carbons (Fsp3) is 0.750. The highest BCUT2D eigenvalue weighted by atomic mass is 35.5. The van der Waals surface area contributed by atoms with Crippen LogP contribution in [0, 0.1) is 5.92 Å². The quantitative estimate of drug-likeness (QED) is 0.753. The van der Waals surface area contributed by atoms with Crippen LogP contribution >= 0.6 is 11.6 Å². The van der Waals surface area contributed by atoms with E-state index >= 15 is 0 Å². The van der Waals surface area contributed by atoms with E-state index in [0.29, 0.717) is 5.92 Å². The highest BCUT2D eigenvalue weighted by molar-refractivity contribution is 6.18. The molecule has 0 bridgehead atoms. The number of alkyl halides is 1. The van der Waals surface area contributed by atoms with Crippen LogP contribution in [-0.4, -0.2) is 33.6 Å². The zero-order chi connectivity index (χ0) is 11.5. The van der Waals surface area contributed by atoms with Crippen LogP contribution in [0.2, 0.25) is 0 Å². The summed E-state index contributed by atoms with van der Waals surface area (Å²) >= 11 is 5.89. The molecule has 0 radical (unpaired) electrons. The van der Waals surface area contributed by atoms with Gasteiger partial charge in [0.2, 0.25) is 0 Å². The monoisotopic (exact) mass is 241 g/mol. The molecule has 1 atom stereocenters. The first-order valence-electron chi connectivity index (χ1n) is 6.03. The number of likely N-dealkylation sites (tertiary alicyclic amines) is 1. The Morgan fingerprint density at radius 1 is 1.56 bits per heavy atom. The van der Waals surface area contributed by atoms with E-state index in [1.165, 1.54) is 24.4 Å². The average Bonchev–Trinajstić information content (AvgIpc) is 2.87. The standard InChI is InChI=1S/C12H20ClN3/c1-3-11-6-12(15(2)14-11)9-16-5-4-10(7-13)8-16/h6,10H,3-5,7-9H2,1-2H3.